The highest BCUT2D eigenvalue weighted by Gasteiger charge is 2.31. The number of hydrogen-bond donors (Lipinski definition) is 0. The van der Waals surface area contributed by atoms with E-state index in [0.717, 1.165) is 14.7 Å². The lowest BCUT2D eigenvalue weighted by Gasteiger charge is -2.10. The summed E-state index contributed by atoms with van der Waals surface area (Å²) >= 11 is 2.15. The van der Waals surface area contributed by atoms with E-state index >= 15 is 0 Å². The van der Waals surface area contributed by atoms with Crippen LogP contribution in [0, 0.1) is 3.57 Å². The molecular weight excluding hydrogens is 422 g/mol. The van der Waals surface area contributed by atoms with Crippen LogP contribution in [0.1, 0.15) is 5.56 Å². The monoisotopic (exact) mass is 431 g/mol. The van der Waals surface area contributed by atoms with Gasteiger partial charge in [-0.15, -0.1) is 13.2 Å². The minimum Gasteiger partial charge on any atom is -0.443 e. The second kappa shape index (κ2) is 5.88. The molecule has 0 radical (unpaired) electrons. The number of halogens is 4. The molecule has 23 heavy (non-hydrogen) atoms. The highest BCUT2D eigenvalue weighted by molar-refractivity contribution is 14.1. The highest BCUT2D eigenvalue weighted by atomic mass is 127. The van der Waals surface area contributed by atoms with Crippen LogP contribution in [0.3, 0.4) is 0 Å². The summed E-state index contributed by atoms with van der Waals surface area (Å²) in [6.45, 7) is 3.75. The van der Waals surface area contributed by atoms with Crippen LogP contribution in [-0.2, 0) is 0 Å². The molecule has 3 rings (SSSR count). The molecule has 118 valence electrons. The van der Waals surface area contributed by atoms with Crippen molar-refractivity contribution in [2.75, 3.05) is 0 Å². The summed E-state index contributed by atoms with van der Waals surface area (Å²) in [4.78, 5) is 4.20. The maximum Gasteiger partial charge on any atom is 0.573 e. The fraction of sp³-hybridized carbons (Fsp3) is 0.0625. The van der Waals surface area contributed by atoms with Crippen molar-refractivity contribution in [1.82, 2.24) is 4.98 Å². The number of nitrogens with zero attached hydrogens (tertiary/aromatic N) is 1. The molecule has 0 fully saturated rings. The Kier molecular flexibility index (Phi) is 4.05. The van der Waals surface area contributed by atoms with Gasteiger partial charge in [0.2, 0.25) is 0 Å². The van der Waals surface area contributed by atoms with Crippen LogP contribution < -0.4 is 4.74 Å². The summed E-state index contributed by atoms with van der Waals surface area (Å²) in [6.07, 6.45) is -1.69. The van der Waals surface area contributed by atoms with Crippen molar-refractivity contribution in [3.05, 3.63) is 52.4 Å². The minimum absolute atomic E-state index is 0.268. The third-order valence-corrected chi connectivity index (χ3v) is 4.09. The van der Waals surface area contributed by atoms with E-state index in [2.05, 4.69) is 38.9 Å². The molecule has 0 aliphatic heterocycles. The molecule has 2 aromatic carbocycles. The Morgan fingerprint density at radius 1 is 1.22 bits per heavy atom. The van der Waals surface area contributed by atoms with Crippen LogP contribution in [0.25, 0.3) is 28.3 Å². The van der Waals surface area contributed by atoms with Crippen LogP contribution in [0.4, 0.5) is 13.2 Å². The number of hydrogen-bond acceptors (Lipinski definition) is 3. The van der Waals surface area contributed by atoms with E-state index in [-0.39, 0.29) is 5.75 Å². The number of fused-ring (bicyclic) bond motifs is 1. The molecule has 0 atom stereocenters. The molecule has 3 aromatic rings. The number of rotatable bonds is 3. The number of ether oxygens (including phenoxy) is 1. The van der Waals surface area contributed by atoms with Gasteiger partial charge in [0.25, 0.3) is 0 Å². The molecule has 0 amide bonds. The molecule has 0 aliphatic carbocycles. The predicted molar refractivity (Wildman–Crippen MR) is 88.9 cm³/mol. The van der Waals surface area contributed by atoms with E-state index in [9.17, 15) is 13.2 Å². The third-order valence-electron chi connectivity index (χ3n) is 3.20. The van der Waals surface area contributed by atoms with Gasteiger partial charge in [-0.2, -0.15) is 0 Å². The SMILES string of the molecule is C=Cc1c(I)cc(-c2ccc(OC(F)(F)F)cc2)c2ncoc12. The maximum atomic E-state index is 12.2. The van der Waals surface area contributed by atoms with Crippen molar-refractivity contribution in [1.29, 1.82) is 0 Å². The number of alkyl halides is 3. The first kappa shape index (κ1) is 15.9. The van der Waals surface area contributed by atoms with Gasteiger partial charge in [0, 0.05) is 14.7 Å². The minimum atomic E-state index is -4.71. The Balaban J connectivity index is 2.07. The molecule has 0 aliphatic rings. The highest BCUT2D eigenvalue weighted by Crippen LogP contribution is 2.35. The Labute approximate surface area is 142 Å². The van der Waals surface area contributed by atoms with E-state index in [4.69, 9.17) is 4.42 Å². The molecule has 0 saturated carbocycles. The van der Waals surface area contributed by atoms with Crippen LogP contribution in [0.2, 0.25) is 0 Å². The van der Waals surface area contributed by atoms with Crippen molar-refractivity contribution in [2.24, 2.45) is 0 Å². The van der Waals surface area contributed by atoms with E-state index in [1.54, 1.807) is 18.2 Å². The normalized spacial score (nSPS) is 11.7. The van der Waals surface area contributed by atoms with Gasteiger partial charge in [0.15, 0.2) is 12.0 Å². The summed E-state index contributed by atoms with van der Waals surface area (Å²) in [5.41, 5.74) is 3.54. The van der Waals surface area contributed by atoms with Crippen molar-refractivity contribution in [3.63, 3.8) is 0 Å². The standard InChI is InChI=1S/C16H9F3INO2/c1-2-11-13(20)7-12(14-15(11)22-8-21-14)9-3-5-10(6-4-9)23-16(17,18)19/h2-8H,1H2. The molecule has 1 heterocycles. The molecule has 3 nitrogen and oxygen atoms in total. The van der Waals surface area contributed by atoms with Gasteiger partial charge in [-0.1, -0.05) is 24.8 Å². The quantitative estimate of drug-likeness (QED) is 0.504. The first-order chi connectivity index (χ1) is 10.9. The van der Waals surface area contributed by atoms with Gasteiger partial charge in [0.1, 0.15) is 11.3 Å². The van der Waals surface area contributed by atoms with Gasteiger partial charge >= 0.3 is 6.36 Å². The Bertz CT molecular complexity index is 869. The van der Waals surface area contributed by atoms with E-state index < -0.39 is 6.36 Å². The van der Waals surface area contributed by atoms with Crippen LogP contribution in [-0.4, -0.2) is 11.3 Å². The van der Waals surface area contributed by atoms with Crippen LogP contribution >= 0.6 is 22.6 Å². The summed E-state index contributed by atoms with van der Waals surface area (Å²) in [5, 5.41) is 0. The van der Waals surface area contributed by atoms with E-state index in [0.29, 0.717) is 16.7 Å². The fourth-order valence-electron chi connectivity index (χ4n) is 2.26. The molecule has 0 saturated heterocycles. The van der Waals surface area contributed by atoms with E-state index in [1.165, 1.54) is 18.5 Å². The average Bonchev–Trinajstić information content (AvgIpc) is 2.95. The molecule has 0 unspecified atom stereocenters. The van der Waals surface area contributed by atoms with E-state index in [1.807, 2.05) is 6.07 Å². The van der Waals surface area contributed by atoms with Gasteiger partial charge in [-0.25, -0.2) is 4.98 Å². The summed E-state index contributed by atoms with van der Waals surface area (Å²) < 4.78 is 46.8. The van der Waals surface area contributed by atoms with Crippen molar-refractivity contribution in [2.45, 2.75) is 6.36 Å². The smallest absolute Gasteiger partial charge is 0.443 e. The molecular formula is C16H9F3INO2. The van der Waals surface area contributed by atoms with Crippen LogP contribution in [0.5, 0.6) is 5.75 Å². The molecule has 0 N–H and O–H groups in total. The summed E-state index contributed by atoms with van der Waals surface area (Å²) in [6, 6.07) is 7.52. The predicted octanol–water partition coefficient (Wildman–Crippen LogP) is 5.64. The van der Waals surface area contributed by atoms with Gasteiger partial charge < -0.3 is 9.15 Å². The maximum absolute atomic E-state index is 12.2. The van der Waals surface area contributed by atoms with Gasteiger partial charge in [0.05, 0.1) is 0 Å². The third kappa shape index (κ3) is 3.19. The first-order valence-corrected chi connectivity index (χ1v) is 7.51. The summed E-state index contributed by atoms with van der Waals surface area (Å²) in [7, 11) is 0. The molecule has 0 bridgehead atoms. The second-order valence-corrected chi connectivity index (χ2v) is 5.79. The zero-order valence-electron chi connectivity index (χ0n) is 11.5. The van der Waals surface area contributed by atoms with Crippen molar-refractivity contribution >= 4 is 39.8 Å². The number of oxazole rings is 1. The van der Waals surface area contributed by atoms with Crippen LogP contribution in [0.15, 0.2) is 47.7 Å². The topological polar surface area (TPSA) is 35.3 Å². The molecule has 1 aromatic heterocycles. The van der Waals surface area contributed by atoms with Gasteiger partial charge in [-0.05, 0) is 46.4 Å². The lowest BCUT2D eigenvalue weighted by Crippen LogP contribution is -2.16. The average molecular weight is 431 g/mol. The van der Waals surface area contributed by atoms with Crippen molar-refractivity contribution in [3.8, 4) is 16.9 Å². The zero-order chi connectivity index (χ0) is 16.6. The Morgan fingerprint density at radius 3 is 2.52 bits per heavy atom. The lowest BCUT2D eigenvalue weighted by molar-refractivity contribution is -0.274. The fourth-order valence-corrected chi connectivity index (χ4v) is 3.03. The largest absolute Gasteiger partial charge is 0.573 e. The Morgan fingerprint density at radius 2 is 1.91 bits per heavy atom. The zero-order valence-corrected chi connectivity index (χ0v) is 13.7. The first-order valence-electron chi connectivity index (χ1n) is 6.43. The lowest BCUT2D eigenvalue weighted by atomic mass is 10.0. The second-order valence-electron chi connectivity index (χ2n) is 4.63. The number of benzene rings is 2. The number of aromatic nitrogens is 1. The van der Waals surface area contributed by atoms with Gasteiger partial charge in [-0.3, -0.25) is 0 Å². The van der Waals surface area contributed by atoms with Crippen molar-refractivity contribution < 1.29 is 22.3 Å². The molecule has 0 spiro atoms. The Hall–Kier alpha value is -2.03. The molecule has 7 heteroatoms. The summed E-state index contributed by atoms with van der Waals surface area (Å²) in [5.74, 6) is -0.268.